The Balaban J connectivity index is 1.59. The van der Waals surface area contributed by atoms with E-state index in [4.69, 9.17) is 4.74 Å². The molecule has 148 valence electrons. The van der Waals surface area contributed by atoms with Crippen molar-refractivity contribution < 1.29 is 9.53 Å². The SMILES string of the molecule is O=C(Cn1c(=O)cnc2ccccc21)N1c2ccccc2OC[C@H]1c1ccccc1. The Hall–Kier alpha value is -3.93. The predicted molar refractivity (Wildman–Crippen MR) is 115 cm³/mol. The molecule has 0 saturated heterocycles. The smallest absolute Gasteiger partial charge is 0.269 e. The van der Waals surface area contributed by atoms with Crippen LogP contribution in [-0.4, -0.2) is 22.1 Å². The van der Waals surface area contributed by atoms with Gasteiger partial charge >= 0.3 is 0 Å². The summed E-state index contributed by atoms with van der Waals surface area (Å²) in [6, 6.07) is 24.3. The standard InChI is InChI=1S/C24H19N3O3/c28-23-14-25-18-10-4-5-11-19(18)26(23)15-24(29)27-20-12-6-7-13-22(20)30-16-21(27)17-8-2-1-3-9-17/h1-14,21H,15-16H2/t21-/m0/s1. The number of carbonyl (C=O) groups excluding carboxylic acids is 1. The minimum atomic E-state index is -0.306. The third-order valence-electron chi connectivity index (χ3n) is 5.33. The molecular weight excluding hydrogens is 378 g/mol. The van der Waals surface area contributed by atoms with Crippen molar-refractivity contribution in [3.63, 3.8) is 0 Å². The van der Waals surface area contributed by atoms with Gasteiger partial charge in [-0.15, -0.1) is 0 Å². The molecule has 2 heterocycles. The fraction of sp³-hybridized carbons (Fsp3) is 0.125. The summed E-state index contributed by atoms with van der Waals surface area (Å²) in [6.07, 6.45) is 1.26. The van der Waals surface area contributed by atoms with Gasteiger partial charge in [0.15, 0.2) is 0 Å². The van der Waals surface area contributed by atoms with Crippen LogP contribution in [0.25, 0.3) is 11.0 Å². The number of anilines is 1. The summed E-state index contributed by atoms with van der Waals surface area (Å²) in [5.74, 6) is 0.475. The average molecular weight is 397 g/mol. The van der Waals surface area contributed by atoms with Crippen LogP contribution in [0.4, 0.5) is 5.69 Å². The summed E-state index contributed by atoms with van der Waals surface area (Å²) >= 11 is 0. The van der Waals surface area contributed by atoms with Gasteiger partial charge in [-0.1, -0.05) is 54.6 Å². The van der Waals surface area contributed by atoms with Crippen molar-refractivity contribution in [3.05, 3.63) is 101 Å². The lowest BCUT2D eigenvalue weighted by Crippen LogP contribution is -2.43. The molecule has 5 rings (SSSR count). The fourth-order valence-electron chi connectivity index (χ4n) is 3.91. The third-order valence-corrected chi connectivity index (χ3v) is 5.33. The highest BCUT2D eigenvalue weighted by atomic mass is 16.5. The maximum atomic E-state index is 13.6. The lowest BCUT2D eigenvalue weighted by molar-refractivity contribution is -0.120. The van der Waals surface area contributed by atoms with Crippen LogP contribution in [-0.2, 0) is 11.3 Å². The molecule has 0 aliphatic carbocycles. The Kier molecular flexibility index (Phi) is 4.52. The van der Waals surface area contributed by atoms with Crippen LogP contribution >= 0.6 is 0 Å². The normalized spacial score (nSPS) is 15.5. The van der Waals surface area contributed by atoms with E-state index in [1.807, 2.05) is 72.8 Å². The number of ether oxygens (including phenoxy) is 1. The minimum Gasteiger partial charge on any atom is -0.489 e. The lowest BCUT2D eigenvalue weighted by Gasteiger charge is -2.37. The molecule has 0 spiro atoms. The van der Waals surface area contributed by atoms with Crippen LogP contribution in [0.3, 0.4) is 0 Å². The quantitative estimate of drug-likeness (QED) is 0.530. The molecule has 0 bridgehead atoms. The minimum absolute atomic E-state index is 0.0838. The van der Waals surface area contributed by atoms with Gasteiger partial charge in [-0.2, -0.15) is 0 Å². The summed E-state index contributed by atoms with van der Waals surface area (Å²) in [5.41, 5.74) is 2.68. The van der Waals surface area contributed by atoms with Gasteiger partial charge in [0.2, 0.25) is 5.91 Å². The van der Waals surface area contributed by atoms with Gasteiger partial charge in [0.05, 0.1) is 29.0 Å². The van der Waals surface area contributed by atoms with E-state index in [2.05, 4.69) is 4.98 Å². The first-order valence-corrected chi connectivity index (χ1v) is 9.76. The first-order valence-electron chi connectivity index (χ1n) is 9.76. The van der Waals surface area contributed by atoms with Crippen LogP contribution in [0, 0.1) is 0 Å². The summed E-state index contributed by atoms with van der Waals surface area (Å²) in [6.45, 7) is 0.262. The van der Waals surface area contributed by atoms with Crippen molar-refractivity contribution in [1.29, 1.82) is 0 Å². The van der Waals surface area contributed by atoms with E-state index >= 15 is 0 Å². The number of benzene rings is 3. The van der Waals surface area contributed by atoms with E-state index in [9.17, 15) is 9.59 Å². The highest BCUT2D eigenvalue weighted by Gasteiger charge is 2.33. The molecule has 0 N–H and O–H groups in total. The first kappa shape index (κ1) is 18.1. The number of aromatic nitrogens is 2. The summed E-state index contributed by atoms with van der Waals surface area (Å²) < 4.78 is 7.42. The van der Waals surface area contributed by atoms with Gasteiger partial charge < -0.3 is 4.74 Å². The van der Waals surface area contributed by atoms with E-state index in [-0.39, 0.29) is 24.1 Å². The molecule has 0 radical (unpaired) electrons. The van der Waals surface area contributed by atoms with Crippen LogP contribution in [0.1, 0.15) is 11.6 Å². The zero-order valence-corrected chi connectivity index (χ0v) is 16.1. The van der Waals surface area contributed by atoms with E-state index in [1.54, 1.807) is 11.0 Å². The zero-order chi connectivity index (χ0) is 20.5. The monoisotopic (exact) mass is 397 g/mol. The average Bonchev–Trinajstić information content (AvgIpc) is 2.80. The van der Waals surface area contributed by atoms with Gasteiger partial charge in [0.25, 0.3) is 5.56 Å². The Labute approximate surface area is 173 Å². The molecule has 0 fully saturated rings. The third kappa shape index (κ3) is 3.12. The molecule has 1 atom stereocenters. The summed E-state index contributed by atoms with van der Waals surface area (Å²) in [4.78, 5) is 32.1. The van der Waals surface area contributed by atoms with Crippen LogP contribution < -0.4 is 15.2 Å². The van der Waals surface area contributed by atoms with E-state index in [0.717, 1.165) is 5.56 Å². The second kappa shape index (κ2) is 7.48. The maximum absolute atomic E-state index is 13.6. The summed E-state index contributed by atoms with van der Waals surface area (Å²) in [5, 5.41) is 0. The van der Waals surface area contributed by atoms with Crippen molar-refractivity contribution in [1.82, 2.24) is 9.55 Å². The lowest BCUT2D eigenvalue weighted by atomic mass is 10.0. The van der Waals surface area contributed by atoms with Crippen LogP contribution in [0.2, 0.25) is 0 Å². The molecule has 30 heavy (non-hydrogen) atoms. The molecule has 3 aromatic carbocycles. The maximum Gasteiger partial charge on any atom is 0.269 e. The van der Waals surface area contributed by atoms with E-state index in [1.165, 1.54) is 10.8 Å². The highest BCUT2D eigenvalue weighted by molar-refractivity contribution is 5.96. The van der Waals surface area contributed by atoms with Gasteiger partial charge in [-0.05, 0) is 29.8 Å². The number of hydrogen-bond acceptors (Lipinski definition) is 4. The van der Waals surface area contributed by atoms with Crippen molar-refractivity contribution in [2.45, 2.75) is 12.6 Å². The molecule has 6 heteroatoms. The Morgan fingerprint density at radius 2 is 1.70 bits per heavy atom. The van der Waals surface area contributed by atoms with Gasteiger partial charge in [0.1, 0.15) is 18.9 Å². The van der Waals surface area contributed by atoms with Crippen molar-refractivity contribution in [2.24, 2.45) is 0 Å². The largest absolute Gasteiger partial charge is 0.489 e. The number of fused-ring (bicyclic) bond motifs is 2. The van der Waals surface area contributed by atoms with Gasteiger partial charge in [-0.3, -0.25) is 19.1 Å². The number of nitrogens with zero attached hydrogens (tertiary/aromatic N) is 3. The number of para-hydroxylation sites is 4. The molecular formula is C24H19N3O3. The topological polar surface area (TPSA) is 64.4 Å². The van der Waals surface area contributed by atoms with Gasteiger partial charge in [0, 0.05) is 0 Å². The van der Waals surface area contributed by atoms with Crippen LogP contribution in [0.15, 0.2) is 89.9 Å². The summed E-state index contributed by atoms with van der Waals surface area (Å²) in [7, 11) is 0. The molecule has 0 unspecified atom stereocenters. The highest BCUT2D eigenvalue weighted by Crippen LogP contribution is 2.39. The van der Waals surface area contributed by atoms with Gasteiger partial charge in [-0.25, -0.2) is 4.98 Å². The Morgan fingerprint density at radius 3 is 2.57 bits per heavy atom. The predicted octanol–water partition coefficient (Wildman–Crippen LogP) is 3.56. The molecule has 1 aromatic heterocycles. The molecule has 1 aliphatic rings. The number of carbonyl (C=O) groups is 1. The molecule has 1 aliphatic heterocycles. The molecule has 6 nitrogen and oxygen atoms in total. The first-order chi connectivity index (χ1) is 14.7. The zero-order valence-electron chi connectivity index (χ0n) is 16.1. The van der Waals surface area contributed by atoms with E-state index in [0.29, 0.717) is 29.1 Å². The van der Waals surface area contributed by atoms with Crippen LogP contribution in [0.5, 0.6) is 5.75 Å². The molecule has 0 saturated carbocycles. The Bertz CT molecular complexity index is 1280. The fourth-order valence-corrected chi connectivity index (χ4v) is 3.91. The number of hydrogen-bond donors (Lipinski definition) is 0. The van der Waals surface area contributed by atoms with Crippen molar-refractivity contribution in [3.8, 4) is 5.75 Å². The second-order valence-corrected chi connectivity index (χ2v) is 7.14. The molecule has 1 amide bonds. The number of rotatable bonds is 3. The number of amides is 1. The second-order valence-electron chi connectivity index (χ2n) is 7.14. The molecule has 4 aromatic rings. The van der Waals surface area contributed by atoms with Crippen molar-refractivity contribution in [2.75, 3.05) is 11.5 Å². The van der Waals surface area contributed by atoms with Crippen molar-refractivity contribution >= 4 is 22.6 Å². The van der Waals surface area contributed by atoms with E-state index < -0.39 is 0 Å². The Morgan fingerprint density at radius 1 is 0.967 bits per heavy atom.